The number of hydrogen-bond donors (Lipinski definition) is 2. The van der Waals surface area contributed by atoms with Crippen molar-refractivity contribution in [1.82, 2.24) is 10.6 Å². The number of hydrogen-bond acceptors (Lipinski definition) is 2. The fourth-order valence-electron chi connectivity index (χ4n) is 2.45. The van der Waals surface area contributed by atoms with Crippen LogP contribution in [0.3, 0.4) is 0 Å². The van der Waals surface area contributed by atoms with E-state index in [4.69, 9.17) is 0 Å². The fraction of sp³-hybridized carbons (Fsp3) is 0.500. The van der Waals surface area contributed by atoms with E-state index in [9.17, 15) is 22.4 Å². The number of alkyl halides is 3. The summed E-state index contributed by atoms with van der Waals surface area (Å²) in [4.78, 5) is 11.8. The molecule has 0 aromatic heterocycles. The zero-order valence-electron chi connectivity index (χ0n) is 11.6. The molecule has 2 atom stereocenters. The lowest BCUT2D eigenvalue weighted by atomic mass is 9.94. The van der Waals surface area contributed by atoms with Gasteiger partial charge in [-0.15, -0.1) is 12.4 Å². The second-order valence-electron chi connectivity index (χ2n) is 5.05. The van der Waals surface area contributed by atoms with Crippen molar-refractivity contribution in [3.63, 3.8) is 0 Å². The molecular formula is C14H17ClF4N2O. The van der Waals surface area contributed by atoms with Crippen molar-refractivity contribution in [2.24, 2.45) is 11.8 Å². The highest BCUT2D eigenvalue weighted by atomic mass is 35.5. The maximum atomic E-state index is 13.4. The molecule has 1 saturated heterocycles. The quantitative estimate of drug-likeness (QED) is 0.826. The first kappa shape index (κ1) is 18.7. The standard InChI is InChI=1S/C14H16F4N2O.ClH/c15-12-4-2-1-3-9(12)5-6-20-13(21)10-7-19-8-11(10)14(16,17)18;/h1-4,10-11,19H,5-8H2,(H,20,21);1H/t10-,11-;/m1./s1. The van der Waals surface area contributed by atoms with Gasteiger partial charge in [-0.05, 0) is 18.1 Å². The first-order valence-corrected chi connectivity index (χ1v) is 6.68. The van der Waals surface area contributed by atoms with E-state index in [0.717, 1.165) is 0 Å². The Labute approximate surface area is 131 Å². The van der Waals surface area contributed by atoms with Gasteiger partial charge in [0.05, 0.1) is 11.8 Å². The molecule has 0 spiro atoms. The molecule has 22 heavy (non-hydrogen) atoms. The van der Waals surface area contributed by atoms with Crippen molar-refractivity contribution < 1.29 is 22.4 Å². The van der Waals surface area contributed by atoms with Gasteiger partial charge < -0.3 is 10.6 Å². The van der Waals surface area contributed by atoms with Crippen LogP contribution in [0, 0.1) is 17.7 Å². The van der Waals surface area contributed by atoms with Crippen LogP contribution in [0.15, 0.2) is 24.3 Å². The summed E-state index contributed by atoms with van der Waals surface area (Å²) in [5, 5.41) is 5.04. The zero-order chi connectivity index (χ0) is 15.5. The number of carbonyl (C=O) groups excluding carboxylic acids is 1. The molecule has 1 aliphatic heterocycles. The lowest BCUT2D eigenvalue weighted by Crippen LogP contribution is -2.40. The summed E-state index contributed by atoms with van der Waals surface area (Å²) in [5.41, 5.74) is 0.426. The molecule has 1 amide bonds. The molecule has 0 saturated carbocycles. The summed E-state index contributed by atoms with van der Waals surface area (Å²) >= 11 is 0. The lowest BCUT2D eigenvalue weighted by molar-refractivity contribution is -0.182. The minimum absolute atomic E-state index is 0. The van der Waals surface area contributed by atoms with Crippen LogP contribution in [0.2, 0.25) is 0 Å². The van der Waals surface area contributed by atoms with E-state index in [2.05, 4.69) is 10.6 Å². The molecule has 2 N–H and O–H groups in total. The van der Waals surface area contributed by atoms with E-state index >= 15 is 0 Å². The van der Waals surface area contributed by atoms with Crippen LogP contribution in [0.5, 0.6) is 0 Å². The molecule has 0 radical (unpaired) electrons. The molecule has 0 aliphatic carbocycles. The van der Waals surface area contributed by atoms with Crippen molar-refractivity contribution >= 4 is 18.3 Å². The predicted molar refractivity (Wildman–Crippen MR) is 76.3 cm³/mol. The number of benzene rings is 1. The third-order valence-electron chi connectivity index (χ3n) is 3.62. The molecule has 1 aromatic carbocycles. The summed E-state index contributed by atoms with van der Waals surface area (Å²) < 4.78 is 51.6. The maximum Gasteiger partial charge on any atom is 0.393 e. The van der Waals surface area contributed by atoms with Crippen LogP contribution in [0.25, 0.3) is 0 Å². The summed E-state index contributed by atoms with van der Waals surface area (Å²) in [6, 6.07) is 6.10. The Bertz CT molecular complexity index is 510. The average Bonchev–Trinajstić information content (AvgIpc) is 2.90. The summed E-state index contributed by atoms with van der Waals surface area (Å²) in [7, 11) is 0. The minimum Gasteiger partial charge on any atom is -0.355 e. The van der Waals surface area contributed by atoms with Crippen molar-refractivity contribution in [1.29, 1.82) is 0 Å². The van der Waals surface area contributed by atoms with Gasteiger partial charge in [-0.25, -0.2) is 4.39 Å². The van der Waals surface area contributed by atoms with Crippen LogP contribution in [0.1, 0.15) is 5.56 Å². The Balaban J connectivity index is 0.00000242. The van der Waals surface area contributed by atoms with Gasteiger partial charge in [-0.2, -0.15) is 13.2 Å². The second-order valence-corrected chi connectivity index (χ2v) is 5.05. The van der Waals surface area contributed by atoms with Gasteiger partial charge in [0.25, 0.3) is 0 Å². The average molecular weight is 341 g/mol. The molecule has 3 nitrogen and oxygen atoms in total. The van der Waals surface area contributed by atoms with Gasteiger partial charge in [-0.1, -0.05) is 18.2 Å². The largest absolute Gasteiger partial charge is 0.393 e. The summed E-state index contributed by atoms with van der Waals surface area (Å²) in [5.74, 6) is -3.81. The van der Waals surface area contributed by atoms with Crippen LogP contribution < -0.4 is 10.6 Å². The predicted octanol–water partition coefficient (Wildman–Crippen LogP) is 2.30. The van der Waals surface area contributed by atoms with Gasteiger partial charge in [0, 0.05) is 19.6 Å². The first-order valence-electron chi connectivity index (χ1n) is 6.68. The Hall–Kier alpha value is -1.34. The maximum absolute atomic E-state index is 13.4. The van der Waals surface area contributed by atoms with E-state index in [1.54, 1.807) is 18.2 Å². The number of carbonyl (C=O) groups is 1. The number of amides is 1. The van der Waals surface area contributed by atoms with E-state index in [1.165, 1.54) is 6.07 Å². The van der Waals surface area contributed by atoms with Crippen LogP contribution in [-0.2, 0) is 11.2 Å². The topological polar surface area (TPSA) is 41.1 Å². The first-order chi connectivity index (χ1) is 9.89. The molecule has 124 valence electrons. The zero-order valence-corrected chi connectivity index (χ0v) is 12.4. The van der Waals surface area contributed by atoms with Crippen LogP contribution in [0.4, 0.5) is 17.6 Å². The van der Waals surface area contributed by atoms with Gasteiger partial charge in [0.15, 0.2) is 0 Å². The normalized spacial score (nSPS) is 21.3. The highest BCUT2D eigenvalue weighted by Gasteiger charge is 2.49. The molecular weight excluding hydrogens is 324 g/mol. The number of rotatable bonds is 4. The highest BCUT2D eigenvalue weighted by molar-refractivity contribution is 5.85. The van der Waals surface area contributed by atoms with Gasteiger partial charge in [-0.3, -0.25) is 4.79 Å². The van der Waals surface area contributed by atoms with E-state index in [0.29, 0.717) is 5.56 Å². The molecule has 1 heterocycles. The van der Waals surface area contributed by atoms with Gasteiger partial charge in [0.1, 0.15) is 5.82 Å². The van der Waals surface area contributed by atoms with Crippen molar-refractivity contribution in [3.8, 4) is 0 Å². The minimum atomic E-state index is -4.39. The van der Waals surface area contributed by atoms with E-state index < -0.39 is 23.9 Å². The van der Waals surface area contributed by atoms with E-state index in [1.807, 2.05) is 0 Å². The molecule has 1 fully saturated rings. The van der Waals surface area contributed by atoms with Crippen molar-refractivity contribution in [2.75, 3.05) is 19.6 Å². The highest BCUT2D eigenvalue weighted by Crippen LogP contribution is 2.34. The van der Waals surface area contributed by atoms with Crippen LogP contribution >= 0.6 is 12.4 Å². The SMILES string of the molecule is Cl.O=C(NCCc1ccccc1F)[C@@H]1CNC[C@H]1C(F)(F)F. The van der Waals surface area contributed by atoms with Crippen molar-refractivity contribution in [3.05, 3.63) is 35.6 Å². The Morgan fingerprint density at radius 2 is 1.95 bits per heavy atom. The molecule has 2 rings (SSSR count). The monoisotopic (exact) mass is 340 g/mol. The Kier molecular flexibility index (Phi) is 6.62. The van der Waals surface area contributed by atoms with Crippen molar-refractivity contribution in [2.45, 2.75) is 12.6 Å². The third kappa shape index (κ3) is 4.58. The van der Waals surface area contributed by atoms with Crippen LogP contribution in [-0.4, -0.2) is 31.7 Å². The van der Waals surface area contributed by atoms with Gasteiger partial charge in [0.2, 0.25) is 5.91 Å². The molecule has 0 bridgehead atoms. The number of halogens is 5. The molecule has 8 heteroatoms. The van der Waals surface area contributed by atoms with E-state index in [-0.39, 0.29) is 44.3 Å². The third-order valence-corrected chi connectivity index (χ3v) is 3.62. The Morgan fingerprint density at radius 1 is 1.27 bits per heavy atom. The molecule has 1 aliphatic rings. The second kappa shape index (κ2) is 7.78. The molecule has 0 unspecified atom stereocenters. The molecule has 1 aromatic rings. The number of nitrogens with one attached hydrogen (secondary N) is 2. The summed E-state index contributed by atoms with van der Waals surface area (Å²) in [6.45, 7) is -0.120. The van der Waals surface area contributed by atoms with Gasteiger partial charge >= 0.3 is 6.18 Å². The Morgan fingerprint density at radius 3 is 2.59 bits per heavy atom. The fourth-order valence-corrected chi connectivity index (χ4v) is 2.45. The summed E-state index contributed by atoms with van der Waals surface area (Å²) in [6.07, 6.45) is -4.15. The smallest absolute Gasteiger partial charge is 0.355 e. The lowest BCUT2D eigenvalue weighted by Gasteiger charge is -2.20.